The summed E-state index contributed by atoms with van der Waals surface area (Å²) in [4.78, 5) is 2.43. The van der Waals surface area contributed by atoms with Gasteiger partial charge in [0.2, 0.25) is 0 Å². The van der Waals surface area contributed by atoms with Crippen LogP contribution < -0.4 is 5.73 Å². The van der Waals surface area contributed by atoms with E-state index in [0.29, 0.717) is 6.54 Å². The molecule has 0 aliphatic carbocycles. The number of nitrogens with two attached hydrogens (primary N) is 1. The normalized spacial score (nSPS) is 23.4. The van der Waals surface area contributed by atoms with Crippen LogP contribution in [0, 0.1) is 5.41 Å². The molecule has 0 spiro atoms. The van der Waals surface area contributed by atoms with Crippen molar-refractivity contribution in [3.63, 3.8) is 0 Å². The number of piperidine rings is 1. The van der Waals surface area contributed by atoms with Gasteiger partial charge >= 0.3 is 6.18 Å². The molecule has 0 radical (unpaired) electrons. The molecular weight excluding hydrogens is 309 g/mol. The first kappa shape index (κ1) is 17.8. The minimum Gasteiger partial charge on any atom is -0.327 e. The predicted octanol–water partition coefficient (Wildman–Crippen LogP) is 3.75. The summed E-state index contributed by atoms with van der Waals surface area (Å²) in [7, 11) is 0. The molecule has 20 heavy (non-hydrogen) atoms. The Morgan fingerprint density at radius 3 is 2.55 bits per heavy atom. The molecule has 0 aromatic carbocycles. The molecule has 1 fully saturated rings. The zero-order valence-electron chi connectivity index (χ0n) is 11.5. The molecule has 1 aliphatic heterocycles. The number of rotatable bonds is 2. The molecular formula is C13H20ClF3N2S. The van der Waals surface area contributed by atoms with E-state index in [0.717, 1.165) is 35.7 Å². The van der Waals surface area contributed by atoms with Crippen molar-refractivity contribution >= 4 is 23.7 Å². The highest BCUT2D eigenvalue weighted by molar-refractivity contribution is 7.12. The first-order valence-electron chi connectivity index (χ1n) is 6.32. The number of alkyl halides is 3. The van der Waals surface area contributed by atoms with E-state index in [1.165, 1.54) is 6.07 Å². The molecule has 0 amide bonds. The molecule has 2 nitrogen and oxygen atoms in total. The van der Waals surface area contributed by atoms with Gasteiger partial charge in [-0.1, -0.05) is 13.8 Å². The van der Waals surface area contributed by atoms with Crippen LogP contribution in [0.1, 0.15) is 30.0 Å². The maximum Gasteiger partial charge on any atom is 0.425 e. The summed E-state index contributed by atoms with van der Waals surface area (Å²) in [5.41, 5.74) is 6.07. The standard InChI is InChI=1S/C13H19F3N2S.ClH/c1-12(2)8-18(6-5-10(12)17)7-9-3-4-11(19-9)13(14,15)16;/h3-4,10H,5-8,17H2,1-2H3;1H. The molecule has 7 heteroatoms. The zero-order chi connectivity index (χ0) is 14.3. The van der Waals surface area contributed by atoms with E-state index in [2.05, 4.69) is 18.7 Å². The van der Waals surface area contributed by atoms with Crippen LogP contribution in [0.5, 0.6) is 0 Å². The first-order chi connectivity index (χ1) is 8.68. The van der Waals surface area contributed by atoms with Crippen LogP contribution in [0.3, 0.4) is 0 Å². The third-order valence-electron chi connectivity index (χ3n) is 3.71. The number of hydrogen-bond donors (Lipinski definition) is 1. The van der Waals surface area contributed by atoms with E-state index in [9.17, 15) is 13.2 Å². The Balaban J connectivity index is 0.00000200. The van der Waals surface area contributed by atoms with E-state index in [1.807, 2.05) is 0 Å². The average molecular weight is 329 g/mol. The van der Waals surface area contributed by atoms with Crippen molar-refractivity contribution in [2.45, 2.75) is 39.0 Å². The first-order valence-corrected chi connectivity index (χ1v) is 7.14. The summed E-state index contributed by atoms with van der Waals surface area (Å²) < 4.78 is 37.6. The lowest BCUT2D eigenvalue weighted by molar-refractivity contribution is -0.134. The number of hydrogen-bond acceptors (Lipinski definition) is 3. The second-order valence-electron chi connectivity index (χ2n) is 5.86. The minimum atomic E-state index is -4.23. The lowest BCUT2D eigenvalue weighted by Crippen LogP contribution is -2.51. The molecule has 1 saturated heterocycles. The van der Waals surface area contributed by atoms with Gasteiger partial charge in [-0.3, -0.25) is 4.90 Å². The van der Waals surface area contributed by atoms with Crippen molar-refractivity contribution < 1.29 is 13.2 Å². The van der Waals surface area contributed by atoms with Crippen molar-refractivity contribution in [3.8, 4) is 0 Å². The smallest absolute Gasteiger partial charge is 0.327 e. The summed E-state index contributed by atoms with van der Waals surface area (Å²) in [5, 5.41) is 0. The maximum atomic E-state index is 12.5. The fourth-order valence-electron chi connectivity index (χ4n) is 2.46. The SMILES string of the molecule is CC1(C)CN(Cc2ccc(C(F)(F)F)s2)CCC1N.Cl. The molecule has 1 aliphatic rings. The van der Waals surface area contributed by atoms with Gasteiger partial charge in [-0.25, -0.2) is 0 Å². The van der Waals surface area contributed by atoms with Gasteiger partial charge in [0.15, 0.2) is 0 Å². The van der Waals surface area contributed by atoms with Gasteiger partial charge in [-0.2, -0.15) is 13.2 Å². The van der Waals surface area contributed by atoms with Crippen LogP contribution in [-0.2, 0) is 12.7 Å². The Labute approximate surface area is 127 Å². The molecule has 1 unspecified atom stereocenters. The van der Waals surface area contributed by atoms with Crippen LogP contribution in [0.15, 0.2) is 12.1 Å². The lowest BCUT2D eigenvalue weighted by atomic mass is 9.80. The van der Waals surface area contributed by atoms with Gasteiger partial charge in [0, 0.05) is 30.6 Å². The molecule has 2 rings (SSSR count). The van der Waals surface area contributed by atoms with Gasteiger partial charge in [0.25, 0.3) is 0 Å². The van der Waals surface area contributed by atoms with Gasteiger partial charge in [-0.15, -0.1) is 23.7 Å². The van der Waals surface area contributed by atoms with Gasteiger partial charge in [0.1, 0.15) is 4.88 Å². The van der Waals surface area contributed by atoms with E-state index in [1.54, 1.807) is 6.07 Å². The van der Waals surface area contributed by atoms with Crippen LogP contribution in [-0.4, -0.2) is 24.0 Å². The Morgan fingerprint density at radius 1 is 1.40 bits per heavy atom. The summed E-state index contributed by atoms with van der Waals surface area (Å²) in [6.07, 6.45) is -3.34. The highest BCUT2D eigenvalue weighted by atomic mass is 35.5. The number of halogens is 4. The lowest BCUT2D eigenvalue weighted by Gasteiger charge is -2.42. The van der Waals surface area contributed by atoms with Crippen LogP contribution >= 0.6 is 23.7 Å². The number of thiophene rings is 1. The molecule has 0 bridgehead atoms. The molecule has 1 aromatic heterocycles. The summed E-state index contributed by atoms with van der Waals surface area (Å²) in [6.45, 7) is 6.48. The summed E-state index contributed by atoms with van der Waals surface area (Å²) >= 11 is 0.836. The Kier molecular flexibility index (Phi) is 5.52. The fraction of sp³-hybridized carbons (Fsp3) is 0.692. The van der Waals surface area contributed by atoms with Gasteiger partial charge < -0.3 is 5.73 Å². The third kappa shape index (κ3) is 4.10. The van der Waals surface area contributed by atoms with E-state index in [4.69, 9.17) is 5.73 Å². The average Bonchev–Trinajstić information content (AvgIpc) is 2.71. The molecule has 2 heterocycles. The third-order valence-corrected chi connectivity index (χ3v) is 4.83. The minimum absolute atomic E-state index is 0. The van der Waals surface area contributed by atoms with Gasteiger partial charge in [-0.05, 0) is 24.0 Å². The van der Waals surface area contributed by atoms with E-state index >= 15 is 0 Å². The zero-order valence-corrected chi connectivity index (χ0v) is 13.2. The van der Waals surface area contributed by atoms with Crippen LogP contribution in [0.25, 0.3) is 0 Å². The predicted molar refractivity (Wildman–Crippen MR) is 78.2 cm³/mol. The largest absolute Gasteiger partial charge is 0.425 e. The molecule has 2 N–H and O–H groups in total. The quantitative estimate of drug-likeness (QED) is 0.896. The topological polar surface area (TPSA) is 29.3 Å². The summed E-state index contributed by atoms with van der Waals surface area (Å²) in [6, 6.07) is 2.91. The second-order valence-corrected chi connectivity index (χ2v) is 7.03. The van der Waals surface area contributed by atoms with Crippen molar-refractivity contribution in [2.24, 2.45) is 11.1 Å². The van der Waals surface area contributed by atoms with Gasteiger partial charge in [0.05, 0.1) is 0 Å². The van der Waals surface area contributed by atoms with E-state index in [-0.39, 0.29) is 23.9 Å². The fourth-order valence-corrected chi connectivity index (χ4v) is 3.37. The molecule has 0 saturated carbocycles. The van der Waals surface area contributed by atoms with Crippen LogP contribution in [0.4, 0.5) is 13.2 Å². The maximum absolute atomic E-state index is 12.5. The van der Waals surface area contributed by atoms with E-state index < -0.39 is 11.1 Å². The monoisotopic (exact) mass is 328 g/mol. The number of nitrogens with zero attached hydrogens (tertiary/aromatic N) is 1. The highest BCUT2D eigenvalue weighted by Crippen LogP contribution is 2.36. The molecule has 1 aromatic rings. The molecule has 116 valence electrons. The van der Waals surface area contributed by atoms with Crippen molar-refractivity contribution in [1.82, 2.24) is 4.90 Å². The highest BCUT2D eigenvalue weighted by Gasteiger charge is 2.35. The van der Waals surface area contributed by atoms with Crippen LogP contribution in [0.2, 0.25) is 0 Å². The van der Waals surface area contributed by atoms with Crippen molar-refractivity contribution in [3.05, 3.63) is 21.9 Å². The Bertz CT molecular complexity index is 445. The summed E-state index contributed by atoms with van der Waals surface area (Å²) in [5.74, 6) is 0. The van der Waals surface area contributed by atoms with Crippen molar-refractivity contribution in [2.75, 3.05) is 13.1 Å². The number of likely N-dealkylation sites (tertiary alicyclic amines) is 1. The van der Waals surface area contributed by atoms with Crippen molar-refractivity contribution in [1.29, 1.82) is 0 Å². The second kappa shape index (κ2) is 6.22. The Hall–Kier alpha value is -0.300. The molecule has 1 atom stereocenters. The Morgan fingerprint density at radius 2 is 2.05 bits per heavy atom.